The zero-order chi connectivity index (χ0) is 11.5. The normalized spacial score (nSPS) is 11.0. The Morgan fingerprint density at radius 2 is 2.19 bits per heavy atom. The van der Waals surface area contributed by atoms with Crippen LogP contribution in [0.2, 0.25) is 0 Å². The minimum absolute atomic E-state index is 0.327. The van der Waals surface area contributed by atoms with Crippen molar-refractivity contribution in [2.45, 2.75) is 29.1 Å². The molecule has 84 valence electrons. The SMILES string of the molecule is CC(C)c1nc(Br)cc(Sc2nccs2)n1. The summed E-state index contributed by atoms with van der Waals surface area (Å²) in [6.07, 6.45) is 1.80. The van der Waals surface area contributed by atoms with Crippen LogP contribution in [-0.2, 0) is 0 Å². The van der Waals surface area contributed by atoms with E-state index in [9.17, 15) is 0 Å². The summed E-state index contributed by atoms with van der Waals surface area (Å²) in [4.78, 5) is 13.1. The highest BCUT2D eigenvalue weighted by atomic mass is 79.9. The molecule has 3 nitrogen and oxygen atoms in total. The molecule has 0 aliphatic heterocycles. The van der Waals surface area contributed by atoms with Gasteiger partial charge in [-0.25, -0.2) is 15.0 Å². The van der Waals surface area contributed by atoms with E-state index in [1.807, 2.05) is 11.4 Å². The molecule has 0 aliphatic carbocycles. The molecule has 0 aromatic carbocycles. The summed E-state index contributed by atoms with van der Waals surface area (Å²) in [6.45, 7) is 4.17. The minimum Gasteiger partial charge on any atom is -0.238 e. The molecular weight excluding hydrogens is 306 g/mol. The molecule has 2 aromatic heterocycles. The van der Waals surface area contributed by atoms with Crippen LogP contribution in [0.15, 0.2) is 31.6 Å². The second-order valence-corrected chi connectivity index (χ2v) is 6.42. The molecule has 2 aromatic rings. The average molecular weight is 316 g/mol. The van der Waals surface area contributed by atoms with Gasteiger partial charge in [0, 0.05) is 23.6 Å². The number of rotatable bonds is 3. The van der Waals surface area contributed by atoms with Crippen molar-refractivity contribution in [3.63, 3.8) is 0 Å². The molecule has 6 heteroatoms. The quantitative estimate of drug-likeness (QED) is 0.803. The van der Waals surface area contributed by atoms with Crippen molar-refractivity contribution < 1.29 is 0 Å². The fraction of sp³-hybridized carbons (Fsp3) is 0.300. The van der Waals surface area contributed by atoms with Gasteiger partial charge < -0.3 is 0 Å². The number of halogens is 1. The Labute approximate surface area is 111 Å². The van der Waals surface area contributed by atoms with Gasteiger partial charge in [0.1, 0.15) is 15.5 Å². The van der Waals surface area contributed by atoms with Gasteiger partial charge in [0.15, 0.2) is 4.34 Å². The standard InChI is InChI=1S/C10H10BrN3S2/c1-6(2)9-13-7(11)5-8(14-9)16-10-12-3-4-15-10/h3-6H,1-2H3. The lowest BCUT2D eigenvalue weighted by atomic mass is 10.2. The monoisotopic (exact) mass is 315 g/mol. The van der Waals surface area contributed by atoms with E-state index in [1.165, 1.54) is 0 Å². The molecule has 0 N–H and O–H groups in total. The highest BCUT2D eigenvalue weighted by Crippen LogP contribution is 2.29. The summed E-state index contributed by atoms with van der Waals surface area (Å²) in [5.74, 6) is 1.18. The lowest BCUT2D eigenvalue weighted by Crippen LogP contribution is -1.98. The van der Waals surface area contributed by atoms with Crippen LogP contribution in [0.25, 0.3) is 0 Å². The summed E-state index contributed by atoms with van der Waals surface area (Å²) >= 11 is 6.58. The molecule has 0 saturated heterocycles. The van der Waals surface area contributed by atoms with E-state index in [1.54, 1.807) is 29.3 Å². The Morgan fingerprint density at radius 3 is 2.81 bits per heavy atom. The van der Waals surface area contributed by atoms with Gasteiger partial charge in [-0.2, -0.15) is 0 Å². The average Bonchev–Trinajstić information content (AvgIpc) is 2.69. The molecule has 0 spiro atoms. The zero-order valence-electron chi connectivity index (χ0n) is 8.85. The van der Waals surface area contributed by atoms with Gasteiger partial charge in [-0.3, -0.25) is 0 Å². The molecule has 2 heterocycles. The van der Waals surface area contributed by atoms with Gasteiger partial charge >= 0.3 is 0 Å². The fourth-order valence-corrected chi connectivity index (χ4v) is 3.20. The largest absolute Gasteiger partial charge is 0.238 e. The number of aromatic nitrogens is 3. The Morgan fingerprint density at radius 1 is 1.38 bits per heavy atom. The summed E-state index contributed by atoms with van der Waals surface area (Å²) in [5, 5.41) is 2.89. The number of hydrogen-bond acceptors (Lipinski definition) is 5. The summed E-state index contributed by atoms with van der Waals surface area (Å²) in [5.41, 5.74) is 0. The molecule has 2 rings (SSSR count). The number of nitrogens with zero attached hydrogens (tertiary/aromatic N) is 3. The second kappa shape index (κ2) is 5.25. The molecule has 0 amide bonds. The van der Waals surface area contributed by atoms with E-state index in [4.69, 9.17) is 0 Å². The van der Waals surface area contributed by atoms with Crippen LogP contribution in [-0.4, -0.2) is 15.0 Å². The maximum Gasteiger partial charge on any atom is 0.156 e. The van der Waals surface area contributed by atoms with Crippen molar-refractivity contribution in [3.05, 3.63) is 28.1 Å². The Bertz CT molecular complexity index is 471. The van der Waals surface area contributed by atoms with Crippen molar-refractivity contribution >= 4 is 39.0 Å². The molecule has 0 aliphatic rings. The fourth-order valence-electron chi connectivity index (χ4n) is 1.07. The van der Waals surface area contributed by atoms with Crippen molar-refractivity contribution in [1.29, 1.82) is 0 Å². The highest BCUT2D eigenvalue weighted by molar-refractivity contribution is 9.10. The predicted octanol–water partition coefficient (Wildman–Crippen LogP) is 3.97. The van der Waals surface area contributed by atoms with Crippen LogP contribution in [0.3, 0.4) is 0 Å². The second-order valence-electron chi connectivity index (χ2n) is 3.44. The topological polar surface area (TPSA) is 38.7 Å². The van der Waals surface area contributed by atoms with Crippen molar-refractivity contribution in [3.8, 4) is 0 Å². The Kier molecular flexibility index (Phi) is 3.94. The van der Waals surface area contributed by atoms with Gasteiger partial charge in [0.2, 0.25) is 0 Å². The van der Waals surface area contributed by atoms with E-state index >= 15 is 0 Å². The summed E-state index contributed by atoms with van der Waals surface area (Å²) in [6, 6.07) is 1.91. The smallest absolute Gasteiger partial charge is 0.156 e. The van der Waals surface area contributed by atoms with Gasteiger partial charge in [0.25, 0.3) is 0 Å². The summed E-state index contributed by atoms with van der Waals surface area (Å²) < 4.78 is 1.82. The minimum atomic E-state index is 0.327. The zero-order valence-corrected chi connectivity index (χ0v) is 12.1. The van der Waals surface area contributed by atoms with Crippen LogP contribution in [0.1, 0.15) is 25.6 Å². The molecule has 0 fully saturated rings. The maximum absolute atomic E-state index is 4.50. The third kappa shape index (κ3) is 3.02. The van der Waals surface area contributed by atoms with Crippen LogP contribution in [0.4, 0.5) is 0 Å². The van der Waals surface area contributed by atoms with Crippen molar-refractivity contribution in [1.82, 2.24) is 15.0 Å². The lowest BCUT2D eigenvalue weighted by Gasteiger charge is -2.05. The van der Waals surface area contributed by atoms with Crippen LogP contribution >= 0.6 is 39.0 Å². The molecule has 0 atom stereocenters. The third-order valence-corrected chi connectivity index (χ3v) is 4.01. The molecule has 0 bridgehead atoms. The van der Waals surface area contributed by atoms with E-state index in [-0.39, 0.29) is 0 Å². The Hall–Kier alpha value is -0.460. The van der Waals surface area contributed by atoms with E-state index < -0.39 is 0 Å². The first kappa shape index (κ1) is 12.0. The third-order valence-electron chi connectivity index (χ3n) is 1.81. The van der Waals surface area contributed by atoms with Gasteiger partial charge in [-0.1, -0.05) is 13.8 Å². The predicted molar refractivity (Wildman–Crippen MR) is 70.1 cm³/mol. The van der Waals surface area contributed by atoms with Crippen molar-refractivity contribution in [2.75, 3.05) is 0 Å². The van der Waals surface area contributed by atoms with Gasteiger partial charge in [0.05, 0.1) is 0 Å². The molecule has 0 radical (unpaired) electrons. The van der Waals surface area contributed by atoms with Crippen LogP contribution in [0.5, 0.6) is 0 Å². The van der Waals surface area contributed by atoms with E-state index in [2.05, 4.69) is 44.7 Å². The first-order valence-corrected chi connectivity index (χ1v) is 7.26. The van der Waals surface area contributed by atoms with Crippen LogP contribution < -0.4 is 0 Å². The van der Waals surface area contributed by atoms with E-state index in [0.717, 1.165) is 19.8 Å². The maximum atomic E-state index is 4.50. The van der Waals surface area contributed by atoms with Crippen molar-refractivity contribution in [2.24, 2.45) is 0 Å². The number of hydrogen-bond donors (Lipinski definition) is 0. The number of thiazole rings is 1. The molecule has 0 unspecified atom stereocenters. The first-order valence-electron chi connectivity index (χ1n) is 4.77. The van der Waals surface area contributed by atoms with Crippen LogP contribution in [0, 0.1) is 0 Å². The Balaban J connectivity index is 2.27. The molecule has 0 saturated carbocycles. The molecule has 16 heavy (non-hydrogen) atoms. The van der Waals surface area contributed by atoms with E-state index in [0.29, 0.717) is 5.92 Å². The molecular formula is C10H10BrN3S2. The first-order chi connectivity index (χ1) is 7.65. The highest BCUT2D eigenvalue weighted by Gasteiger charge is 2.08. The van der Waals surface area contributed by atoms with Gasteiger partial charge in [-0.15, -0.1) is 11.3 Å². The van der Waals surface area contributed by atoms with Gasteiger partial charge in [-0.05, 0) is 27.7 Å². The lowest BCUT2D eigenvalue weighted by molar-refractivity contribution is 0.747. The summed E-state index contributed by atoms with van der Waals surface area (Å²) in [7, 11) is 0.